The number of carbonyl (C=O) groups is 1. The van der Waals surface area contributed by atoms with Crippen LogP contribution in [0.4, 0.5) is 0 Å². The maximum atomic E-state index is 10.8. The van der Waals surface area contributed by atoms with E-state index < -0.39 is 10.7 Å². The van der Waals surface area contributed by atoms with Gasteiger partial charge in [-0.1, -0.05) is 23.2 Å². The van der Waals surface area contributed by atoms with Crippen LogP contribution >= 0.6 is 35.8 Å². The Hall–Kier alpha value is -0.880. The van der Waals surface area contributed by atoms with E-state index >= 15 is 0 Å². The number of carbonyl (C=O) groups excluding carboxylic acids is 1. The molecule has 0 saturated carbocycles. The predicted molar refractivity (Wildman–Crippen MR) is 50.9 cm³/mol. The lowest BCUT2D eigenvalue weighted by molar-refractivity contribution is -0.118. The smallest absolute Gasteiger partial charge is 0.258 e. The fourth-order valence-corrected chi connectivity index (χ4v) is 0.684. The standard InChI is InChI=1S/C6H3Cl2N3OS/c7-4(8)5(12)11-6(13)3(1-9)2-10/h4,13H,(H,11,12). The lowest BCUT2D eigenvalue weighted by Gasteiger charge is -2.03. The van der Waals surface area contributed by atoms with E-state index in [4.69, 9.17) is 33.7 Å². The number of amides is 1. The predicted octanol–water partition coefficient (Wildman–Crippen LogP) is 1.09. The highest BCUT2D eigenvalue weighted by molar-refractivity contribution is 7.84. The SMILES string of the molecule is N#CC(C#N)=C(S)NC(=O)C(Cl)Cl. The summed E-state index contributed by atoms with van der Waals surface area (Å²) < 4.78 is 0. The van der Waals surface area contributed by atoms with E-state index in [0.29, 0.717) is 0 Å². The Morgan fingerprint density at radius 2 is 1.85 bits per heavy atom. The van der Waals surface area contributed by atoms with E-state index in [1.165, 1.54) is 12.1 Å². The monoisotopic (exact) mass is 235 g/mol. The van der Waals surface area contributed by atoms with E-state index in [0.717, 1.165) is 0 Å². The van der Waals surface area contributed by atoms with Crippen molar-refractivity contribution in [2.24, 2.45) is 0 Å². The second-order valence-electron chi connectivity index (χ2n) is 1.74. The van der Waals surface area contributed by atoms with Crippen molar-refractivity contribution in [1.82, 2.24) is 5.32 Å². The molecule has 0 spiro atoms. The zero-order valence-electron chi connectivity index (χ0n) is 6.08. The Balaban J connectivity index is 4.58. The molecule has 0 aliphatic rings. The van der Waals surface area contributed by atoms with E-state index in [2.05, 4.69) is 17.9 Å². The van der Waals surface area contributed by atoms with Crippen LogP contribution in [0.15, 0.2) is 10.6 Å². The molecule has 1 amide bonds. The molecular formula is C6H3Cl2N3OS. The third-order valence-electron chi connectivity index (χ3n) is 0.900. The number of nitrogens with one attached hydrogen (secondary N) is 1. The summed E-state index contributed by atoms with van der Waals surface area (Å²) in [4.78, 5) is 9.55. The van der Waals surface area contributed by atoms with Gasteiger partial charge in [0.05, 0.1) is 0 Å². The number of thiol groups is 1. The minimum absolute atomic E-state index is 0.165. The maximum Gasteiger partial charge on any atom is 0.258 e. The highest BCUT2D eigenvalue weighted by atomic mass is 35.5. The van der Waals surface area contributed by atoms with Gasteiger partial charge < -0.3 is 5.32 Å². The molecule has 13 heavy (non-hydrogen) atoms. The van der Waals surface area contributed by atoms with E-state index in [1.807, 2.05) is 0 Å². The molecule has 0 saturated heterocycles. The molecule has 0 aromatic heterocycles. The van der Waals surface area contributed by atoms with Crippen LogP contribution in [0.2, 0.25) is 0 Å². The van der Waals surface area contributed by atoms with Crippen molar-refractivity contribution < 1.29 is 4.79 Å². The fourth-order valence-electron chi connectivity index (χ4n) is 0.365. The molecule has 7 heteroatoms. The second-order valence-corrected chi connectivity index (χ2v) is 3.28. The highest BCUT2D eigenvalue weighted by Gasteiger charge is 2.13. The molecular weight excluding hydrogens is 233 g/mol. The van der Waals surface area contributed by atoms with Crippen LogP contribution < -0.4 is 5.32 Å². The number of nitriles is 2. The van der Waals surface area contributed by atoms with Gasteiger partial charge in [0.2, 0.25) is 0 Å². The number of allylic oxidation sites excluding steroid dienone is 1. The third kappa shape index (κ3) is 4.05. The van der Waals surface area contributed by atoms with Crippen LogP contribution in [0, 0.1) is 22.7 Å². The fraction of sp³-hybridized carbons (Fsp3) is 0.167. The summed E-state index contributed by atoms with van der Waals surface area (Å²) in [6.07, 6.45) is 0. The molecule has 0 unspecified atom stereocenters. The van der Waals surface area contributed by atoms with Gasteiger partial charge in [-0.15, -0.1) is 12.6 Å². The average molecular weight is 236 g/mol. The van der Waals surface area contributed by atoms with Gasteiger partial charge in [-0.3, -0.25) is 4.79 Å². The summed E-state index contributed by atoms with van der Waals surface area (Å²) >= 11 is 14.1. The van der Waals surface area contributed by atoms with Crippen LogP contribution in [0.25, 0.3) is 0 Å². The first-order chi connectivity index (χ1) is 6.02. The Bertz CT molecular complexity index is 310. The second kappa shape index (κ2) is 5.71. The first-order valence-corrected chi connectivity index (χ1v) is 4.17. The molecule has 0 atom stereocenters. The van der Waals surface area contributed by atoms with E-state index in [9.17, 15) is 4.79 Å². The van der Waals surface area contributed by atoms with Gasteiger partial charge in [0.1, 0.15) is 17.2 Å². The maximum absolute atomic E-state index is 10.8. The molecule has 0 fully saturated rings. The average Bonchev–Trinajstić information content (AvgIpc) is 2.06. The molecule has 0 rings (SSSR count). The molecule has 4 nitrogen and oxygen atoms in total. The van der Waals surface area contributed by atoms with Gasteiger partial charge in [-0.2, -0.15) is 10.5 Å². The molecule has 0 aliphatic heterocycles. The molecule has 0 aromatic carbocycles. The summed E-state index contributed by atoms with van der Waals surface area (Å²) in [6, 6.07) is 3.07. The summed E-state index contributed by atoms with van der Waals surface area (Å²) in [5, 5.41) is 18.6. The Labute approximate surface area is 90.1 Å². The van der Waals surface area contributed by atoms with Crippen molar-refractivity contribution in [2.75, 3.05) is 0 Å². The van der Waals surface area contributed by atoms with Crippen molar-refractivity contribution in [2.45, 2.75) is 4.84 Å². The number of rotatable bonds is 2. The quantitative estimate of drug-likeness (QED) is 0.428. The van der Waals surface area contributed by atoms with Gasteiger partial charge in [-0.05, 0) is 0 Å². The zero-order valence-corrected chi connectivity index (χ0v) is 8.49. The Morgan fingerprint density at radius 3 is 2.15 bits per heavy atom. The van der Waals surface area contributed by atoms with Crippen LogP contribution in [0.5, 0.6) is 0 Å². The van der Waals surface area contributed by atoms with Gasteiger partial charge in [0.15, 0.2) is 10.4 Å². The molecule has 1 N–H and O–H groups in total. The van der Waals surface area contributed by atoms with Gasteiger partial charge in [-0.25, -0.2) is 0 Å². The normalized spacial score (nSPS) is 8.46. The van der Waals surface area contributed by atoms with Crippen LogP contribution in [-0.2, 0) is 4.79 Å². The largest absolute Gasteiger partial charge is 0.317 e. The van der Waals surface area contributed by atoms with Crippen molar-refractivity contribution in [3.05, 3.63) is 10.6 Å². The number of hydrogen-bond donors (Lipinski definition) is 2. The summed E-state index contributed by atoms with van der Waals surface area (Å²) in [5.74, 6) is -0.740. The summed E-state index contributed by atoms with van der Waals surface area (Å²) in [6.45, 7) is 0. The van der Waals surface area contributed by atoms with Gasteiger partial charge >= 0.3 is 0 Å². The van der Waals surface area contributed by atoms with Crippen LogP contribution in [0.1, 0.15) is 0 Å². The molecule has 0 heterocycles. The van der Waals surface area contributed by atoms with Gasteiger partial charge in [0, 0.05) is 0 Å². The minimum Gasteiger partial charge on any atom is -0.317 e. The molecule has 0 bridgehead atoms. The molecule has 0 aromatic rings. The first-order valence-electron chi connectivity index (χ1n) is 2.85. The highest BCUT2D eigenvalue weighted by Crippen LogP contribution is 2.07. The van der Waals surface area contributed by atoms with Gasteiger partial charge in [0.25, 0.3) is 5.91 Å². The number of hydrogen-bond acceptors (Lipinski definition) is 4. The van der Waals surface area contributed by atoms with Crippen molar-refractivity contribution in [1.29, 1.82) is 10.5 Å². The molecule has 0 aliphatic carbocycles. The van der Waals surface area contributed by atoms with Crippen LogP contribution in [-0.4, -0.2) is 10.7 Å². The minimum atomic E-state index is -1.26. The zero-order chi connectivity index (χ0) is 10.4. The van der Waals surface area contributed by atoms with Crippen LogP contribution in [0.3, 0.4) is 0 Å². The lowest BCUT2D eigenvalue weighted by atomic mass is 10.3. The third-order valence-corrected chi connectivity index (χ3v) is 1.63. The summed E-state index contributed by atoms with van der Waals surface area (Å²) in [7, 11) is 0. The number of halogens is 2. The van der Waals surface area contributed by atoms with Crippen molar-refractivity contribution >= 4 is 41.7 Å². The first kappa shape index (κ1) is 12.1. The van der Waals surface area contributed by atoms with Crippen molar-refractivity contribution in [3.63, 3.8) is 0 Å². The Kier molecular flexibility index (Phi) is 5.33. The van der Waals surface area contributed by atoms with E-state index in [1.54, 1.807) is 0 Å². The van der Waals surface area contributed by atoms with E-state index in [-0.39, 0.29) is 10.6 Å². The molecule has 68 valence electrons. The van der Waals surface area contributed by atoms with Crippen molar-refractivity contribution in [3.8, 4) is 12.1 Å². The molecule has 0 radical (unpaired) electrons. The summed E-state index contributed by atoms with van der Waals surface area (Å²) in [5.41, 5.74) is -0.314. The topological polar surface area (TPSA) is 76.7 Å². The Morgan fingerprint density at radius 1 is 1.38 bits per heavy atom. The number of nitrogens with zero attached hydrogens (tertiary/aromatic N) is 2. The number of alkyl halides is 2. The lowest BCUT2D eigenvalue weighted by Crippen LogP contribution is -2.26.